The lowest BCUT2D eigenvalue weighted by Gasteiger charge is -2.27. The van der Waals surface area contributed by atoms with Gasteiger partial charge in [0.2, 0.25) is 0 Å². The zero-order valence-electron chi connectivity index (χ0n) is 17.1. The second-order valence-corrected chi connectivity index (χ2v) is 9.55. The molecule has 1 amide bonds. The van der Waals surface area contributed by atoms with E-state index in [9.17, 15) is 9.90 Å². The Labute approximate surface area is 159 Å². The molecule has 0 atom stereocenters. The molecule has 4 heteroatoms. The molecule has 0 aromatic heterocycles. The lowest BCUT2D eigenvalue weighted by Crippen LogP contribution is -2.33. The molecule has 4 nitrogen and oxygen atoms in total. The minimum atomic E-state index is -0.463. The first kappa shape index (κ1) is 21.3. The lowest BCUT2D eigenvalue weighted by molar-refractivity contribution is -0.116. The Morgan fingerprint density at radius 1 is 1.15 bits per heavy atom. The Balaban J connectivity index is 1.94. The fourth-order valence-corrected chi connectivity index (χ4v) is 4.59. The van der Waals surface area contributed by atoms with Crippen LogP contribution in [0.4, 0.5) is 0 Å². The van der Waals surface area contributed by atoms with Crippen LogP contribution in [0.5, 0.6) is 0 Å². The third-order valence-corrected chi connectivity index (χ3v) is 6.46. The molecule has 0 saturated heterocycles. The van der Waals surface area contributed by atoms with Gasteiger partial charge in [0, 0.05) is 22.3 Å². The van der Waals surface area contributed by atoms with E-state index in [1.54, 1.807) is 0 Å². The number of carbonyl (C=O) groups excluding carboxylic acids is 1. The molecule has 2 aliphatic carbocycles. The van der Waals surface area contributed by atoms with Crippen molar-refractivity contribution >= 4 is 17.3 Å². The quantitative estimate of drug-likeness (QED) is 0.573. The maximum absolute atomic E-state index is 12.5. The van der Waals surface area contributed by atoms with Crippen molar-refractivity contribution in [3.8, 4) is 0 Å². The van der Waals surface area contributed by atoms with Crippen molar-refractivity contribution < 1.29 is 9.90 Å². The van der Waals surface area contributed by atoms with Gasteiger partial charge < -0.3 is 10.5 Å². The number of aliphatic hydroxyl groups excluding tert-OH is 1. The number of amides is 1. The summed E-state index contributed by atoms with van der Waals surface area (Å²) < 4.78 is 0. The van der Waals surface area contributed by atoms with Crippen molar-refractivity contribution in [1.82, 2.24) is 0 Å². The Bertz CT molecular complexity index is 519. The van der Waals surface area contributed by atoms with Crippen molar-refractivity contribution in [1.29, 1.82) is 5.41 Å². The molecule has 148 valence electrons. The zero-order chi connectivity index (χ0) is 19.2. The summed E-state index contributed by atoms with van der Waals surface area (Å²) in [5, 5.41) is 18.1. The summed E-state index contributed by atoms with van der Waals surface area (Å²) >= 11 is 0. The maximum atomic E-state index is 12.5. The molecule has 0 spiro atoms. The van der Waals surface area contributed by atoms with Gasteiger partial charge in [-0.3, -0.25) is 4.79 Å². The Kier molecular flexibility index (Phi) is 7.57. The van der Waals surface area contributed by atoms with Crippen LogP contribution in [0.3, 0.4) is 0 Å². The van der Waals surface area contributed by atoms with Gasteiger partial charge in [0.15, 0.2) is 0 Å². The molecule has 2 fully saturated rings. The highest BCUT2D eigenvalue weighted by Gasteiger charge is 2.38. The van der Waals surface area contributed by atoms with Gasteiger partial charge in [-0.05, 0) is 31.6 Å². The van der Waals surface area contributed by atoms with Gasteiger partial charge >= 0.3 is 0 Å². The van der Waals surface area contributed by atoms with E-state index in [2.05, 4.69) is 25.8 Å². The van der Waals surface area contributed by atoms with Gasteiger partial charge in [0.25, 0.3) is 5.91 Å². The van der Waals surface area contributed by atoms with Crippen LogP contribution < -0.4 is 0 Å². The second kappa shape index (κ2) is 9.25. The molecule has 0 aromatic carbocycles. The molecule has 2 rings (SSSR count). The van der Waals surface area contributed by atoms with Crippen LogP contribution in [0.15, 0.2) is 4.99 Å². The van der Waals surface area contributed by atoms with Crippen LogP contribution >= 0.6 is 0 Å². The summed E-state index contributed by atoms with van der Waals surface area (Å²) in [6.07, 6.45) is 12.5. The summed E-state index contributed by atoms with van der Waals surface area (Å²) in [7, 11) is 0. The van der Waals surface area contributed by atoms with E-state index in [-0.39, 0.29) is 24.3 Å². The summed E-state index contributed by atoms with van der Waals surface area (Å²) in [5.41, 5.74) is 0.772. The zero-order valence-corrected chi connectivity index (χ0v) is 17.1. The summed E-state index contributed by atoms with van der Waals surface area (Å²) in [5.74, 6) is 0.660. The first-order chi connectivity index (χ1) is 12.3. The van der Waals surface area contributed by atoms with E-state index in [1.807, 2.05) is 0 Å². The molecule has 0 aliphatic heterocycles. The molecule has 0 heterocycles. The molecule has 26 heavy (non-hydrogen) atoms. The van der Waals surface area contributed by atoms with E-state index in [1.165, 1.54) is 32.1 Å². The minimum absolute atomic E-state index is 0.0175. The predicted octanol–water partition coefficient (Wildman–Crippen LogP) is 5.32. The predicted molar refractivity (Wildman–Crippen MR) is 108 cm³/mol. The number of aliphatic hydroxyl groups is 1. The first-order valence-corrected chi connectivity index (χ1v) is 10.6. The summed E-state index contributed by atoms with van der Waals surface area (Å²) in [6, 6.07) is 0. The number of hydrogen-bond acceptors (Lipinski definition) is 3. The van der Waals surface area contributed by atoms with Gasteiger partial charge in [0.1, 0.15) is 0 Å². The van der Waals surface area contributed by atoms with Crippen LogP contribution in [0.2, 0.25) is 0 Å². The highest BCUT2D eigenvalue weighted by atomic mass is 16.3. The van der Waals surface area contributed by atoms with Crippen LogP contribution in [-0.2, 0) is 4.79 Å². The molecule has 0 radical (unpaired) electrons. The monoisotopic (exact) mass is 362 g/mol. The fraction of sp³-hybridized carbons (Fsp3) is 0.864. The lowest BCUT2D eigenvalue weighted by atomic mass is 9.80. The van der Waals surface area contributed by atoms with E-state index in [0.29, 0.717) is 5.71 Å². The molecular weight excluding hydrogens is 324 g/mol. The molecule has 0 bridgehead atoms. The second-order valence-electron chi connectivity index (χ2n) is 9.55. The largest absolute Gasteiger partial charge is 0.395 e. The standard InChI is InChI=1S/C22H38N2O2/c1-21(2,3)19(12-8-11-17-9-4-5-10-17)24-20(26)15-18(23)22(16-25)13-6-7-14-22/h17,23,25H,4-16H2,1-3H3. The van der Waals surface area contributed by atoms with Gasteiger partial charge in [-0.25, -0.2) is 4.99 Å². The average molecular weight is 363 g/mol. The normalized spacial score (nSPS) is 21.3. The summed E-state index contributed by atoms with van der Waals surface area (Å²) in [6.45, 7) is 6.33. The maximum Gasteiger partial charge on any atom is 0.251 e. The van der Waals surface area contributed by atoms with Crippen LogP contribution in [-0.4, -0.2) is 29.0 Å². The topological polar surface area (TPSA) is 73.5 Å². The molecule has 2 saturated carbocycles. The number of hydrogen-bond donors (Lipinski definition) is 2. The Morgan fingerprint density at radius 2 is 1.77 bits per heavy atom. The fourth-order valence-electron chi connectivity index (χ4n) is 4.59. The van der Waals surface area contributed by atoms with Gasteiger partial charge in [-0.2, -0.15) is 0 Å². The van der Waals surface area contributed by atoms with E-state index in [4.69, 9.17) is 5.41 Å². The Hall–Kier alpha value is -1.03. The SMILES string of the molecule is CC(C)(C)C(CCCC1CCCC1)=NC(=O)CC(=N)C1(CO)CCCC1. The van der Waals surface area contributed by atoms with Gasteiger partial charge in [-0.15, -0.1) is 0 Å². The van der Waals surface area contributed by atoms with Crippen molar-refractivity contribution in [2.45, 2.75) is 97.8 Å². The third kappa shape index (κ3) is 5.73. The van der Waals surface area contributed by atoms with Crippen molar-refractivity contribution in [2.75, 3.05) is 6.61 Å². The van der Waals surface area contributed by atoms with Gasteiger partial charge in [0.05, 0.1) is 13.0 Å². The first-order valence-electron chi connectivity index (χ1n) is 10.6. The number of carbonyl (C=O) groups is 1. The van der Waals surface area contributed by atoms with Crippen LogP contribution in [0.1, 0.15) is 97.8 Å². The number of nitrogens with one attached hydrogen (secondary N) is 1. The number of nitrogens with zero attached hydrogens (tertiary/aromatic N) is 1. The Morgan fingerprint density at radius 3 is 2.31 bits per heavy atom. The molecule has 2 N–H and O–H groups in total. The number of aliphatic imine (C=N–C) groups is 1. The van der Waals surface area contributed by atoms with Crippen molar-refractivity contribution in [2.24, 2.45) is 21.7 Å². The summed E-state index contributed by atoms with van der Waals surface area (Å²) in [4.78, 5) is 17.0. The molecule has 2 aliphatic rings. The highest BCUT2D eigenvalue weighted by molar-refractivity contribution is 6.07. The average Bonchev–Trinajstić information content (AvgIpc) is 3.25. The minimum Gasteiger partial charge on any atom is -0.395 e. The van der Waals surface area contributed by atoms with Crippen molar-refractivity contribution in [3.05, 3.63) is 0 Å². The van der Waals surface area contributed by atoms with Crippen LogP contribution in [0, 0.1) is 22.2 Å². The molecular formula is C22H38N2O2. The molecule has 0 unspecified atom stereocenters. The van der Waals surface area contributed by atoms with E-state index >= 15 is 0 Å². The van der Waals surface area contributed by atoms with Crippen molar-refractivity contribution in [3.63, 3.8) is 0 Å². The van der Waals surface area contributed by atoms with E-state index in [0.717, 1.165) is 50.2 Å². The smallest absolute Gasteiger partial charge is 0.251 e. The van der Waals surface area contributed by atoms with E-state index < -0.39 is 5.41 Å². The highest BCUT2D eigenvalue weighted by Crippen LogP contribution is 2.39. The van der Waals surface area contributed by atoms with Gasteiger partial charge in [-0.1, -0.05) is 65.7 Å². The molecule has 0 aromatic rings. The van der Waals surface area contributed by atoms with Crippen LogP contribution in [0.25, 0.3) is 0 Å². The third-order valence-electron chi connectivity index (χ3n) is 6.46. The number of rotatable bonds is 8.